The highest BCUT2D eigenvalue weighted by Gasteiger charge is 2.17. The SMILES string of the molecule is COc1cc(F)ccc1-c1nc2ncccc2cc1NS(C)(=O)=O. The fourth-order valence-electron chi connectivity index (χ4n) is 2.35. The zero-order chi connectivity index (χ0) is 17.3. The van der Waals surface area contributed by atoms with E-state index in [9.17, 15) is 12.8 Å². The van der Waals surface area contributed by atoms with E-state index in [0.29, 0.717) is 22.3 Å². The third-order valence-corrected chi connectivity index (χ3v) is 3.89. The molecule has 0 amide bonds. The number of benzene rings is 1. The van der Waals surface area contributed by atoms with Crippen LogP contribution in [0.15, 0.2) is 42.6 Å². The summed E-state index contributed by atoms with van der Waals surface area (Å²) in [6, 6.07) is 9.09. The van der Waals surface area contributed by atoms with E-state index in [1.165, 1.54) is 25.3 Å². The van der Waals surface area contributed by atoms with Gasteiger partial charge in [0.2, 0.25) is 10.0 Å². The Hall–Kier alpha value is -2.74. The number of pyridine rings is 2. The van der Waals surface area contributed by atoms with Crippen LogP contribution in [0, 0.1) is 5.82 Å². The van der Waals surface area contributed by atoms with Gasteiger partial charge in [0.05, 0.1) is 19.1 Å². The minimum absolute atomic E-state index is 0.245. The number of anilines is 1. The number of nitrogens with zero attached hydrogens (tertiary/aromatic N) is 2. The molecular weight excluding hydrogens is 333 g/mol. The lowest BCUT2D eigenvalue weighted by Gasteiger charge is -2.14. The summed E-state index contributed by atoms with van der Waals surface area (Å²) >= 11 is 0. The molecule has 2 heterocycles. The van der Waals surface area contributed by atoms with Crippen molar-refractivity contribution in [3.63, 3.8) is 0 Å². The molecule has 1 N–H and O–H groups in total. The van der Waals surface area contributed by atoms with Crippen molar-refractivity contribution in [1.29, 1.82) is 0 Å². The van der Waals surface area contributed by atoms with E-state index < -0.39 is 15.8 Å². The smallest absolute Gasteiger partial charge is 0.229 e. The summed E-state index contributed by atoms with van der Waals surface area (Å²) < 4.78 is 44.5. The Kier molecular flexibility index (Phi) is 4.06. The number of sulfonamides is 1. The molecule has 3 aromatic rings. The minimum Gasteiger partial charge on any atom is -0.496 e. The molecule has 0 fully saturated rings. The molecule has 0 aliphatic carbocycles. The molecule has 0 spiro atoms. The Balaban J connectivity index is 2.30. The average molecular weight is 347 g/mol. The van der Waals surface area contributed by atoms with Crippen LogP contribution in [0.25, 0.3) is 22.3 Å². The number of hydrogen-bond acceptors (Lipinski definition) is 5. The quantitative estimate of drug-likeness (QED) is 0.785. The molecule has 6 nitrogen and oxygen atoms in total. The topological polar surface area (TPSA) is 81.2 Å². The molecule has 0 unspecified atom stereocenters. The first-order valence-electron chi connectivity index (χ1n) is 6.95. The summed E-state index contributed by atoms with van der Waals surface area (Å²) in [7, 11) is -2.13. The Labute approximate surface area is 138 Å². The summed E-state index contributed by atoms with van der Waals surface area (Å²) in [5.41, 5.74) is 1.47. The summed E-state index contributed by atoms with van der Waals surface area (Å²) in [5, 5.41) is 0.675. The highest BCUT2D eigenvalue weighted by atomic mass is 32.2. The second-order valence-corrected chi connectivity index (χ2v) is 6.90. The third-order valence-electron chi connectivity index (χ3n) is 3.30. The molecule has 0 bridgehead atoms. The van der Waals surface area contributed by atoms with E-state index in [-0.39, 0.29) is 11.4 Å². The van der Waals surface area contributed by atoms with Crippen molar-refractivity contribution in [2.75, 3.05) is 18.1 Å². The average Bonchev–Trinajstić information content (AvgIpc) is 2.53. The predicted octanol–water partition coefficient (Wildman–Crippen LogP) is 2.82. The van der Waals surface area contributed by atoms with Gasteiger partial charge in [-0.15, -0.1) is 0 Å². The number of methoxy groups -OCH3 is 1. The van der Waals surface area contributed by atoms with E-state index in [1.54, 1.807) is 24.4 Å². The highest BCUT2D eigenvalue weighted by Crippen LogP contribution is 2.35. The van der Waals surface area contributed by atoms with Crippen molar-refractivity contribution in [2.45, 2.75) is 0 Å². The minimum atomic E-state index is -3.53. The van der Waals surface area contributed by atoms with Crippen LogP contribution in [0.4, 0.5) is 10.1 Å². The highest BCUT2D eigenvalue weighted by molar-refractivity contribution is 7.92. The van der Waals surface area contributed by atoms with Crippen molar-refractivity contribution in [3.05, 3.63) is 48.4 Å². The zero-order valence-electron chi connectivity index (χ0n) is 12.9. The van der Waals surface area contributed by atoms with Crippen molar-refractivity contribution in [2.24, 2.45) is 0 Å². The lowest BCUT2D eigenvalue weighted by Crippen LogP contribution is -2.11. The molecule has 0 atom stereocenters. The van der Waals surface area contributed by atoms with Crippen molar-refractivity contribution in [1.82, 2.24) is 9.97 Å². The van der Waals surface area contributed by atoms with E-state index in [4.69, 9.17) is 4.74 Å². The Morgan fingerprint density at radius 2 is 2.00 bits per heavy atom. The first kappa shape index (κ1) is 16.1. The summed E-state index contributed by atoms with van der Waals surface area (Å²) in [6.07, 6.45) is 2.64. The number of fused-ring (bicyclic) bond motifs is 1. The van der Waals surface area contributed by atoms with E-state index in [2.05, 4.69) is 14.7 Å². The van der Waals surface area contributed by atoms with Crippen LogP contribution < -0.4 is 9.46 Å². The first-order valence-corrected chi connectivity index (χ1v) is 8.84. The zero-order valence-corrected chi connectivity index (χ0v) is 13.8. The van der Waals surface area contributed by atoms with Crippen molar-refractivity contribution >= 4 is 26.7 Å². The Morgan fingerprint density at radius 1 is 1.21 bits per heavy atom. The van der Waals surface area contributed by atoms with Crippen molar-refractivity contribution in [3.8, 4) is 17.0 Å². The van der Waals surface area contributed by atoms with Gasteiger partial charge < -0.3 is 4.74 Å². The van der Waals surface area contributed by atoms with Crippen LogP contribution in [0.1, 0.15) is 0 Å². The molecule has 124 valence electrons. The lowest BCUT2D eigenvalue weighted by molar-refractivity contribution is 0.413. The molecule has 24 heavy (non-hydrogen) atoms. The number of nitrogens with one attached hydrogen (secondary N) is 1. The number of ether oxygens (including phenoxy) is 1. The number of halogens is 1. The third kappa shape index (κ3) is 3.28. The molecule has 2 aromatic heterocycles. The van der Waals surface area contributed by atoms with Crippen LogP contribution in [-0.2, 0) is 10.0 Å². The van der Waals surface area contributed by atoms with Crippen LogP contribution in [0.3, 0.4) is 0 Å². The number of rotatable bonds is 4. The van der Waals surface area contributed by atoms with Gasteiger partial charge in [-0.05, 0) is 30.3 Å². The number of aromatic nitrogens is 2. The second-order valence-electron chi connectivity index (χ2n) is 5.15. The van der Waals surface area contributed by atoms with Gasteiger partial charge >= 0.3 is 0 Å². The lowest BCUT2D eigenvalue weighted by atomic mass is 10.1. The molecule has 0 saturated carbocycles. The fraction of sp³-hybridized carbons (Fsp3) is 0.125. The monoisotopic (exact) mass is 347 g/mol. The van der Waals surface area contributed by atoms with Crippen LogP contribution >= 0.6 is 0 Å². The van der Waals surface area contributed by atoms with E-state index >= 15 is 0 Å². The summed E-state index contributed by atoms with van der Waals surface area (Å²) in [6.45, 7) is 0. The van der Waals surface area contributed by atoms with Gasteiger partial charge in [-0.3, -0.25) is 4.72 Å². The molecule has 1 aromatic carbocycles. The second kappa shape index (κ2) is 6.04. The molecule has 3 rings (SSSR count). The maximum Gasteiger partial charge on any atom is 0.229 e. The van der Waals surface area contributed by atoms with Gasteiger partial charge in [-0.2, -0.15) is 0 Å². The van der Waals surface area contributed by atoms with Gasteiger partial charge in [0.1, 0.15) is 17.3 Å². The van der Waals surface area contributed by atoms with Gasteiger partial charge in [0.15, 0.2) is 5.65 Å². The predicted molar refractivity (Wildman–Crippen MR) is 90.0 cm³/mol. The molecule has 0 saturated heterocycles. The summed E-state index contributed by atoms with van der Waals surface area (Å²) in [4.78, 5) is 8.60. The van der Waals surface area contributed by atoms with E-state index in [1.807, 2.05) is 0 Å². The van der Waals surface area contributed by atoms with Crippen LogP contribution in [0.5, 0.6) is 5.75 Å². The maximum absolute atomic E-state index is 13.5. The largest absolute Gasteiger partial charge is 0.496 e. The van der Waals surface area contributed by atoms with Gasteiger partial charge in [-0.25, -0.2) is 22.8 Å². The van der Waals surface area contributed by atoms with Gasteiger partial charge in [-0.1, -0.05) is 0 Å². The molecule has 8 heteroatoms. The van der Waals surface area contributed by atoms with Crippen LogP contribution in [-0.4, -0.2) is 31.8 Å². The first-order chi connectivity index (χ1) is 11.4. The standard InChI is InChI=1S/C16H14FN3O3S/c1-23-14-9-11(17)5-6-12(14)15-13(20-24(2,21)22)8-10-4-3-7-18-16(10)19-15/h3-9,20H,1-2H3. The summed E-state index contributed by atoms with van der Waals surface area (Å²) in [5.74, 6) is -0.221. The Bertz CT molecular complexity index is 1020. The molecule has 0 radical (unpaired) electrons. The maximum atomic E-state index is 13.5. The van der Waals surface area contributed by atoms with Gasteiger partial charge in [0, 0.05) is 23.2 Å². The van der Waals surface area contributed by atoms with E-state index in [0.717, 1.165) is 6.26 Å². The molecule has 0 aliphatic rings. The normalized spacial score (nSPS) is 11.5. The molecule has 0 aliphatic heterocycles. The molecular formula is C16H14FN3O3S. The fourth-order valence-corrected chi connectivity index (χ4v) is 2.90. The Morgan fingerprint density at radius 3 is 2.71 bits per heavy atom. The van der Waals surface area contributed by atoms with Crippen molar-refractivity contribution < 1.29 is 17.5 Å². The number of hydrogen-bond donors (Lipinski definition) is 1. The van der Waals surface area contributed by atoms with Crippen LogP contribution in [0.2, 0.25) is 0 Å². The van der Waals surface area contributed by atoms with Gasteiger partial charge in [0.25, 0.3) is 0 Å².